The molecule has 0 unspecified atom stereocenters. The lowest BCUT2D eigenvalue weighted by atomic mass is 10.1. The lowest BCUT2D eigenvalue weighted by Crippen LogP contribution is -2.04. The zero-order valence-corrected chi connectivity index (χ0v) is 14.7. The van der Waals surface area contributed by atoms with Gasteiger partial charge in [0, 0.05) is 11.6 Å². The van der Waals surface area contributed by atoms with E-state index in [0.29, 0.717) is 12.2 Å². The number of hydrogen-bond acceptors (Lipinski definition) is 4. The molecule has 25 heavy (non-hydrogen) atoms. The minimum absolute atomic E-state index is 0.0666. The summed E-state index contributed by atoms with van der Waals surface area (Å²) in [5, 5.41) is 1.02. The number of aromatic nitrogens is 1. The highest BCUT2D eigenvalue weighted by Gasteiger charge is 2.10. The van der Waals surface area contributed by atoms with Gasteiger partial charge in [-0.05, 0) is 38.1 Å². The van der Waals surface area contributed by atoms with Gasteiger partial charge in [-0.3, -0.25) is 4.55 Å². The SMILES string of the molecule is CCOC(=O)c1cccc2cc[nH]c12.Cc1ccc(S(=O)(=O)O)cc1. The summed E-state index contributed by atoms with van der Waals surface area (Å²) >= 11 is 0. The first-order valence-corrected chi connectivity index (χ1v) is 9.04. The first kappa shape index (κ1) is 18.7. The van der Waals surface area contributed by atoms with Crippen LogP contribution in [0.4, 0.5) is 0 Å². The Morgan fingerprint density at radius 1 is 1.12 bits per heavy atom. The number of H-pyrrole nitrogens is 1. The zero-order valence-electron chi connectivity index (χ0n) is 13.9. The molecular weight excluding hydrogens is 342 g/mol. The molecule has 0 bridgehead atoms. The Labute approximate surface area is 146 Å². The smallest absolute Gasteiger partial charge is 0.340 e. The van der Waals surface area contributed by atoms with Gasteiger partial charge in [-0.1, -0.05) is 29.8 Å². The molecule has 3 aromatic rings. The molecule has 0 aliphatic rings. The molecule has 0 amide bonds. The van der Waals surface area contributed by atoms with Crippen LogP contribution in [0.25, 0.3) is 10.9 Å². The minimum Gasteiger partial charge on any atom is -0.462 e. The maximum atomic E-state index is 11.5. The molecule has 2 N–H and O–H groups in total. The number of hydrogen-bond donors (Lipinski definition) is 2. The van der Waals surface area contributed by atoms with Gasteiger partial charge in [0.15, 0.2) is 0 Å². The van der Waals surface area contributed by atoms with Crippen LogP contribution in [0.5, 0.6) is 0 Å². The maximum Gasteiger partial charge on any atom is 0.340 e. The molecule has 0 saturated carbocycles. The van der Waals surface area contributed by atoms with Crippen LogP contribution in [0.2, 0.25) is 0 Å². The fourth-order valence-electron chi connectivity index (χ4n) is 2.17. The van der Waals surface area contributed by atoms with Crippen LogP contribution in [-0.2, 0) is 14.9 Å². The number of para-hydroxylation sites is 1. The molecule has 1 aromatic heterocycles. The summed E-state index contributed by atoms with van der Waals surface area (Å²) in [4.78, 5) is 14.5. The summed E-state index contributed by atoms with van der Waals surface area (Å²) in [7, 11) is -4.02. The van der Waals surface area contributed by atoms with Gasteiger partial charge in [-0.2, -0.15) is 8.42 Å². The second-order valence-electron chi connectivity index (χ2n) is 5.26. The van der Waals surface area contributed by atoms with E-state index in [1.807, 2.05) is 31.3 Å². The molecule has 0 radical (unpaired) electrons. The van der Waals surface area contributed by atoms with E-state index in [1.54, 1.807) is 25.1 Å². The second kappa shape index (κ2) is 7.96. The van der Waals surface area contributed by atoms with Crippen molar-refractivity contribution in [2.75, 3.05) is 6.61 Å². The third kappa shape index (κ3) is 4.91. The standard InChI is InChI=1S/C11H11NO2.C7H8O3S/c1-2-14-11(13)9-5-3-4-8-6-7-12-10(8)9;1-6-2-4-7(5-3-6)11(8,9)10/h3-7,12H,2H2,1H3;2-5H,1H3,(H,8,9,10). The molecule has 0 aliphatic heterocycles. The average molecular weight is 361 g/mol. The highest BCUT2D eigenvalue weighted by Crippen LogP contribution is 2.17. The molecule has 3 rings (SSSR count). The predicted octanol–water partition coefficient (Wildman–Crippen LogP) is 3.59. The summed E-state index contributed by atoms with van der Waals surface area (Å²) in [6.45, 7) is 4.04. The van der Waals surface area contributed by atoms with Gasteiger partial charge >= 0.3 is 5.97 Å². The molecule has 0 fully saturated rings. The fourth-order valence-corrected chi connectivity index (χ4v) is 2.65. The molecular formula is C18H19NO5S. The third-order valence-corrected chi connectivity index (χ3v) is 4.27. The summed E-state index contributed by atoms with van der Waals surface area (Å²) in [6.07, 6.45) is 1.81. The number of ether oxygens (including phenoxy) is 1. The van der Waals surface area contributed by atoms with Crippen molar-refractivity contribution in [3.05, 3.63) is 65.9 Å². The van der Waals surface area contributed by atoms with E-state index >= 15 is 0 Å². The maximum absolute atomic E-state index is 11.5. The number of aryl methyl sites for hydroxylation is 1. The van der Waals surface area contributed by atoms with E-state index in [2.05, 4.69) is 4.98 Å². The highest BCUT2D eigenvalue weighted by atomic mass is 32.2. The van der Waals surface area contributed by atoms with Crippen LogP contribution in [0.1, 0.15) is 22.8 Å². The minimum atomic E-state index is -4.02. The van der Waals surface area contributed by atoms with Crippen molar-refractivity contribution >= 4 is 27.0 Å². The van der Waals surface area contributed by atoms with Gasteiger partial charge in [0.1, 0.15) is 0 Å². The van der Waals surface area contributed by atoms with E-state index in [4.69, 9.17) is 9.29 Å². The van der Waals surface area contributed by atoms with Crippen molar-refractivity contribution in [3.63, 3.8) is 0 Å². The Kier molecular flexibility index (Phi) is 5.95. The second-order valence-corrected chi connectivity index (χ2v) is 6.68. The molecule has 0 spiro atoms. The molecule has 6 nitrogen and oxygen atoms in total. The summed E-state index contributed by atoms with van der Waals surface area (Å²) in [6, 6.07) is 13.5. The van der Waals surface area contributed by atoms with Crippen LogP contribution in [-0.4, -0.2) is 30.5 Å². The first-order valence-electron chi connectivity index (χ1n) is 7.60. The number of carbonyl (C=O) groups is 1. The van der Waals surface area contributed by atoms with Crippen LogP contribution in [0.3, 0.4) is 0 Å². The molecule has 2 aromatic carbocycles. The number of rotatable bonds is 3. The topological polar surface area (TPSA) is 96.5 Å². The Morgan fingerprint density at radius 2 is 1.80 bits per heavy atom. The van der Waals surface area contributed by atoms with E-state index in [-0.39, 0.29) is 10.9 Å². The third-order valence-electron chi connectivity index (χ3n) is 3.40. The van der Waals surface area contributed by atoms with E-state index in [0.717, 1.165) is 16.5 Å². The van der Waals surface area contributed by atoms with Crippen molar-refractivity contribution in [2.45, 2.75) is 18.7 Å². The number of esters is 1. The van der Waals surface area contributed by atoms with Crippen molar-refractivity contribution < 1.29 is 22.5 Å². The van der Waals surface area contributed by atoms with Crippen molar-refractivity contribution in [3.8, 4) is 0 Å². The van der Waals surface area contributed by atoms with Gasteiger partial charge in [0.2, 0.25) is 0 Å². The Bertz CT molecular complexity index is 959. The Morgan fingerprint density at radius 3 is 2.40 bits per heavy atom. The molecule has 0 saturated heterocycles. The monoisotopic (exact) mass is 361 g/mol. The number of nitrogens with one attached hydrogen (secondary N) is 1. The van der Waals surface area contributed by atoms with Gasteiger partial charge in [0.05, 0.1) is 22.6 Å². The molecule has 0 aliphatic carbocycles. The first-order chi connectivity index (χ1) is 11.8. The highest BCUT2D eigenvalue weighted by molar-refractivity contribution is 7.85. The quantitative estimate of drug-likeness (QED) is 0.549. The number of carbonyl (C=O) groups excluding carboxylic acids is 1. The Hall–Kier alpha value is -2.64. The van der Waals surface area contributed by atoms with Crippen LogP contribution in [0.15, 0.2) is 59.6 Å². The van der Waals surface area contributed by atoms with Crippen molar-refractivity contribution in [1.82, 2.24) is 4.98 Å². The van der Waals surface area contributed by atoms with E-state index < -0.39 is 10.1 Å². The predicted molar refractivity (Wildman–Crippen MR) is 95.2 cm³/mol. The lowest BCUT2D eigenvalue weighted by Gasteiger charge is -2.02. The molecule has 1 heterocycles. The van der Waals surface area contributed by atoms with Crippen LogP contribution >= 0.6 is 0 Å². The number of benzene rings is 2. The van der Waals surface area contributed by atoms with Gasteiger partial charge < -0.3 is 9.72 Å². The summed E-state index contributed by atoms with van der Waals surface area (Å²) < 4.78 is 34.5. The van der Waals surface area contributed by atoms with Gasteiger partial charge in [-0.25, -0.2) is 4.79 Å². The molecule has 132 valence electrons. The van der Waals surface area contributed by atoms with Crippen LogP contribution in [0, 0.1) is 6.92 Å². The normalized spacial score (nSPS) is 10.8. The van der Waals surface area contributed by atoms with Crippen molar-refractivity contribution in [2.24, 2.45) is 0 Å². The van der Waals surface area contributed by atoms with E-state index in [1.165, 1.54) is 12.1 Å². The number of aromatic amines is 1. The van der Waals surface area contributed by atoms with Gasteiger partial charge in [-0.15, -0.1) is 0 Å². The number of fused-ring (bicyclic) bond motifs is 1. The lowest BCUT2D eigenvalue weighted by molar-refractivity contribution is 0.0528. The average Bonchev–Trinajstić information content (AvgIpc) is 3.03. The fraction of sp³-hybridized carbons (Fsp3) is 0.167. The molecule has 0 atom stereocenters. The largest absolute Gasteiger partial charge is 0.462 e. The zero-order chi connectivity index (χ0) is 18.4. The van der Waals surface area contributed by atoms with Crippen molar-refractivity contribution in [1.29, 1.82) is 0 Å². The molecule has 7 heteroatoms. The van der Waals surface area contributed by atoms with Crippen LogP contribution < -0.4 is 0 Å². The van der Waals surface area contributed by atoms with E-state index in [9.17, 15) is 13.2 Å². The Balaban J connectivity index is 0.000000186. The summed E-state index contributed by atoms with van der Waals surface area (Å²) in [5.41, 5.74) is 2.39. The summed E-state index contributed by atoms with van der Waals surface area (Å²) in [5.74, 6) is -0.277. The van der Waals surface area contributed by atoms with Gasteiger partial charge in [0.25, 0.3) is 10.1 Å².